The van der Waals surface area contributed by atoms with Gasteiger partial charge in [0.05, 0.1) is 11.9 Å². The number of aromatic nitrogens is 1. The number of pyridine rings is 1. The Bertz CT molecular complexity index is 436. The van der Waals surface area contributed by atoms with Crippen LogP contribution in [0.3, 0.4) is 0 Å². The van der Waals surface area contributed by atoms with Gasteiger partial charge in [-0.1, -0.05) is 38.8 Å². The van der Waals surface area contributed by atoms with Crippen LogP contribution in [0, 0.1) is 17.8 Å². The van der Waals surface area contributed by atoms with E-state index in [1.165, 1.54) is 12.8 Å². The van der Waals surface area contributed by atoms with E-state index in [1.807, 2.05) is 0 Å². The third-order valence-electron chi connectivity index (χ3n) is 4.05. The van der Waals surface area contributed by atoms with Crippen molar-refractivity contribution in [3.8, 4) is 5.88 Å². The van der Waals surface area contributed by atoms with Crippen LogP contribution in [0.15, 0.2) is 12.3 Å². The molecule has 0 spiro atoms. The van der Waals surface area contributed by atoms with Crippen LogP contribution in [0.4, 0.5) is 5.69 Å². The smallest absolute Gasteiger partial charge is 0.232 e. The zero-order chi connectivity index (χ0) is 14.0. The second-order valence-corrected chi connectivity index (χ2v) is 6.45. The lowest BCUT2D eigenvalue weighted by molar-refractivity contribution is 0.0427. The normalized spacial score (nSPS) is 27.5. The Kier molecular flexibility index (Phi) is 4.56. The minimum absolute atomic E-state index is 0.206. The summed E-state index contributed by atoms with van der Waals surface area (Å²) in [5.41, 5.74) is 6.22. The van der Waals surface area contributed by atoms with Crippen LogP contribution < -0.4 is 10.5 Å². The molecule has 1 fully saturated rings. The van der Waals surface area contributed by atoms with E-state index in [9.17, 15) is 0 Å². The zero-order valence-electron chi connectivity index (χ0n) is 11.9. The molecular formula is C15H23ClN2O. The number of hydrogen-bond donors (Lipinski definition) is 1. The van der Waals surface area contributed by atoms with E-state index in [0.29, 0.717) is 34.3 Å². The Hall–Kier alpha value is -0.960. The number of nitrogen functional groups attached to an aromatic ring is 1. The Morgan fingerprint density at radius 1 is 1.42 bits per heavy atom. The van der Waals surface area contributed by atoms with Gasteiger partial charge in [-0.25, -0.2) is 4.98 Å². The number of ether oxygens (including phenoxy) is 1. The van der Waals surface area contributed by atoms with Crippen molar-refractivity contribution >= 4 is 17.3 Å². The van der Waals surface area contributed by atoms with Gasteiger partial charge in [-0.2, -0.15) is 0 Å². The Morgan fingerprint density at radius 3 is 2.79 bits per heavy atom. The summed E-state index contributed by atoms with van der Waals surface area (Å²) in [4.78, 5) is 4.21. The van der Waals surface area contributed by atoms with Crippen molar-refractivity contribution in [2.24, 2.45) is 17.8 Å². The summed E-state index contributed by atoms with van der Waals surface area (Å²) in [6.07, 6.45) is 5.38. The monoisotopic (exact) mass is 282 g/mol. The van der Waals surface area contributed by atoms with Crippen molar-refractivity contribution < 1.29 is 4.74 Å². The first-order valence-electron chi connectivity index (χ1n) is 7.05. The van der Waals surface area contributed by atoms with Gasteiger partial charge in [0.25, 0.3) is 0 Å². The van der Waals surface area contributed by atoms with E-state index in [1.54, 1.807) is 12.3 Å². The number of rotatable bonds is 3. The molecule has 3 nitrogen and oxygen atoms in total. The first kappa shape index (κ1) is 14.4. The molecule has 1 saturated carbocycles. The number of nitrogens with two attached hydrogens (primary N) is 1. The zero-order valence-corrected chi connectivity index (χ0v) is 12.7. The molecule has 0 bridgehead atoms. The highest BCUT2D eigenvalue weighted by atomic mass is 35.5. The van der Waals surface area contributed by atoms with Crippen LogP contribution in [0.5, 0.6) is 5.88 Å². The van der Waals surface area contributed by atoms with Crippen LogP contribution >= 0.6 is 11.6 Å². The van der Waals surface area contributed by atoms with E-state index in [2.05, 4.69) is 25.8 Å². The van der Waals surface area contributed by atoms with Gasteiger partial charge < -0.3 is 10.5 Å². The van der Waals surface area contributed by atoms with Crippen LogP contribution in [0.1, 0.15) is 40.0 Å². The van der Waals surface area contributed by atoms with Gasteiger partial charge in [0, 0.05) is 0 Å². The SMILES string of the molecule is CC1CCC(C(C)C)C(Oc2ncc(N)cc2Cl)C1. The third kappa shape index (κ3) is 3.53. The van der Waals surface area contributed by atoms with E-state index >= 15 is 0 Å². The summed E-state index contributed by atoms with van der Waals surface area (Å²) in [6, 6.07) is 1.69. The molecular weight excluding hydrogens is 260 g/mol. The molecule has 2 N–H and O–H groups in total. The molecule has 106 valence electrons. The maximum atomic E-state index is 6.14. The molecule has 0 aromatic carbocycles. The lowest BCUT2D eigenvalue weighted by Crippen LogP contribution is -2.36. The van der Waals surface area contributed by atoms with Gasteiger partial charge in [-0.3, -0.25) is 0 Å². The molecule has 1 aromatic rings. The topological polar surface area (TPSA) is 48.1 Å². The molecule has 1 aliphatic carbocycles. The van der Waals surface area contributed by atoms with Crippen molar-refractivity contribution in [3.63, 3.8) is 0 Å². The Labute approximate surface area is 120 Å². The summed E-state index contributed by atoms with van der Waals surface area (Å²) in [6.45, 7) is 6.80. The Balaban J connectivity index is 2.14. The molecule has 19 heavy (non-hydrogen) atoms. The molecule has 0 amide bonds. The van der Waals surface area contributed by atoms with Crippen molar-refractivity contribution in [2.45, 2.75) is 46.1 Å². The van der Waals surface area contributed by atoms with Crippen LogP contribution in [0.25, 0.3) is 0 Å². The number of halogens is 1. The van der Waals surface area contributed by atoms with E-state index in [4.69, 9.17) is 22.1 Å². The fourth-order valence-corrected chi connectivity index (χ4v) is 3.14. The van der Waals surface area contributed by atoms with Crippen molar-refractivity contribution in [1.29, 1.82) is 0 Å². The van der Waals surface area contributed by atoms with Crippen LogP contribution in [0.2, 0.25) is 5.02 Å². The molecule has 0 aliphatic heterocycles. The highest BCUT2D eigenvalue weighted by molar-refractivity contribution is 6.32. The molecule has 1 heterocycles. The Morgan fingerprint density at radius 2 is 2.16 bits per heavy atom. The highest BCUT2D eigenvalue weighted by Gasteiger charge is 2.32. The van der Waals surface area contributed by atoms with Crippen LogP contribution in [-0.2, 0) is 0 Å². The summed E-state index contributed by atoms with van der Waals surface area (Å²) >= 11 is 6.14. The van der Waals surface area contributed by atoms with E-state index < -0.39 is 0 Å². The molecule has 1 aliphatic rings. The van der Waals surface area contributed by atoms with E-state index in [0.717, 1.165) is 6.42 Å². The van der Waals surface area contributed by atoms with Gasteiger partial charge in [-0.05, 0) is 36.7 Å². The van der Waals surface area contributed by atoms with Gasteiger partial charge in [-0.15, -0.1) is 0 Å². The summed E-state index contributed by atoms with van der Waals surface area (Å²) in [5, 5.41) is 0.501. The molecule has 0 radical (unpaired) electrons. The molecule has 4 heteroatoms. The first-order chi connectivity index (χ1) is 8.97. The largest absolute Gasteiger partial charge is 0.473 e. The average Bonchev–Trinajstić information content (AvgIpc) is 2.32. The molecule has 0 saturated heterocycles. The lowest BCUT2D eigenvalue weighted by Gasteiger charge is -2.37. The van der Waals surface area contributed by atoms with E-state index in [-0.39, 0.29) is 6.10 Å². The van der Waals surface area contributed by atoms with Crippen LogP contribution in [-0.4, -0.2) is 11.1 Å². The molecule has 2 rings (SSSR count). The van der Waals surface area contributed by atoms with Crippen molar-refractivity contribution in [2.75, 3.05) is 5.73 Å². The standard InChI is InChI=1S/C15H23ClN2O/c1-9(2)12-5-4-10(3)6-14(12)19-15-13(16)7-11(17)8-18-15/h7-10,12,14H,4-6,17H2,1-3H3. The highest BCUT2D eigenvalue weighted by Crippen LogP contribution is 2.37. The second-order valence-electron chi connectivity index (χ2n) is 6.04. The second kappa shape index (κ2) is 6.00. The van der Waals surface area contributed by atoms with Gasteiger partial charge in [0.2, 0.25) is 5.88 Å². The maximum absolute atomic E-state index is 6.14. The number of nitrogens with zero attached hydrogens (tertiary/aromatic N) is 1. The molecule has 3 atom stereocenters. The lowest BCUT2D eigenvalue weighted by atomic mass is 9.75. The molecule has 3 unspecified atom stereocenters. The van der Waals surface area contributed by atoms with Gasteiger partial charge in [0.1, 0.15) is 11.1 Å². The summed E-state index contributed by atoms with van der Waals surface area (Å²) in [7, 11) is 0. The predicted octanol–water partition coefficient (Wildman–Crippen LogP) is 4.16. The van der Waals surface area contributed by atoms with Gasteiger partial charge in [0.15, 0.2) is 0 Å². The minimum atomic E-state index is 0.206. The third-order valence-corrected chi connectivity index (χ3v) is 4.32. The molecule has 1 aromatic heterocycles. The number of hydrogen-bond acceptors (Lipinski definition) is 3. The van der Waals surface area contributed by atoms with Gasteiger partial charge >= 0.3 is 0 Å². The van der Waals surface area contributed by atoms with Crippen molar-refractivity contribution in [3.05, 3.63) is 17.3 Å². The minimum Gasteiger partial charge on any atom is -0.473 e. The maximum Gasteiger partial charge on any atom is 0.232 e. The fourth-order valence-electron chi connectivity index (χ4n) is 2.92. The van der Waals surface area contributed by atoms with Crippen molar-refractivity contribution in [1.82, 2.24) is 4.98 Å². The quantitative estimate of drug-likeness (QED) is 0.906. The fraction of sp³-hybridized carbons (Fsp3) is 0.667. The summed E-state index contributed by atoms with van der Waals surface area (Å²) in [5.74, 6) is 2.41. The predicted molar refractivity (Wildman–Crippen MR) is 79.4 cm³/mol. The summed E-state index contributed by atoms with van der Waals surface area (Å²) < 4.78 is 6.09. The first-order valence-corrected chi connectivity index (χ1v) is 7.42. The number of anilines is 1. The average molecular weight is 283 g/mol.